The second-order valence-electron chi connectivity index (χ2n) is 7.86. The molecule has 0 saturated carbocycles. The van der Waals surface area contributed by atoms with Crippen molar-refractivity contribution in [1.82, 2.24) is 15.0 Å². The molecule has 5 nitrogen and oxygen atoms in total. The molecule has 5 heteroatoms. The van der Waals surface area contributed by atoms with Gasteiger partial charge in [0.25, 0.3) is 0 Å². The minimum absolute atomic E-state index is 0.0485. The van der Waals surface area contributed by atoms with Crippen molar-refractivity contribution in [2.45, 2.75) is 47.0 Å². The number of aliphatic hydroxyl groups excluding tert-OH is 1. The van der Waals surface area contributed by atoms with Crippen LogP contribution in [0.4, 0.5) is 0 Å². The van der Waals surface area contributed by atoms with Crippen LogP contribution in [-0.4, -0.2) is 26.2 Å². The monoisotopic (exact) mass is 465 g/mol. The number of hydrogen-bond donors (Lipinski definition) is 1. The van der Waals surface area contributed by atoms with E-state index in [-0.39, 0.29) is 12.7 Å². The maximum absolute atomic E-state index is 9.66. The molecule has 1 aromatic carbocycles. The molecule has 0 saturated heterocycles. The fraction of sp³-hybridized carbons (Fsp3) is 0.233. The van der Waals surface area contributed by atoms with Crippen LogP contribution in [0.2, 0.25) is 0 Å². The van der Waals surface area contributed by atoms with Gasteiger partial charge in [-0.05, 0) is 73.5 Å². The Labute approximate surface area is 207 Å². The van der Waals surface area contributed by atoms with Crippen molar-refractivity contribution in [3.05, 3.63) is 101 Å². The van der Waals surface area contributed by atoms with Crippen molar-refractivity contribution in [2.24, 2.45) is 0 Å². The van der Waals surface area contributed by atoms with Gasteiger partial charge in [-0.2, -0.15) is 0 Å². The molecule has 1 N–H and O–H groups in total. The molecule has 0 aliphatic carbocycles. The highest BCUT2D eigenvalue weighted by Gasteiger charge is 2.08. The van der Waals surface area contributed by atoms with Gasteiger partial charge in [0.2, 0.25) is 0 Å². The van der Waals surface area contributed by atoms with E-state index >= 15 is 0 Å². The zero-order valence-electron chi connectivity index (χ0n) is 20.7. The van der Waals surface area contributed by atoms with Gasteiger partial charge in [0.15, 0.2) is 0 Å². The van der Waals surface area contributed by atoms with E-state index in [0.717, 1.165) is 45.0 Å². The Balaban J connectivity index is 0.00000167. The fourth-order valence-electron chi connectivity index (χ4n) is 3.31. The predicted octanol–water partition coefficient (Wildman–Crippen LogP) is 6.05. The Hall–Kier alpha value is -3.85. The Morgan fingerprint density at radius 1 is 0.743 bits per heavy atom. The van der Waals surface area contributed by atoms with E-state index in [1.807, 2.05) is 94.4 Å². The molecule has 35 heavy (non-hydrogen) atoms. The van der Waals surface area contributed by atoms with Crippen LogP contribution in [0.1, 0.15) is 49.9 Å². The predicted molar refractivity (Wildman–Crippen MR) is 140 cm³/mol. The van der Waals surface area contributed by atoms with Crippen LogP contribution in [0.25, 0.3) is 22.8 Å². The molecule has 0 amide bonds. The molecule has 0 spiro atoms. The van der Waals surface area contributed by atoms with Crippen LogP contribution < -0.4 is 0 Å². The topological polar surface area (TPSA) is 68.1 Å². The van der Waals surface area contributed by atoms with Crippen molar-refractivity contribution in [2.75, 3.05) is 0 Å². The van der Waals surface area contributed by atoms with E-state index < -0.39 is 0 Å². The summed E-state index contributed by atoms with van der Waals surface area (Å²) in [4.78, 5) is 13.6. The van der Waals surface area contributed by atoms with Crippen molar-refractivity contribution >= 4 is 0 Å². The van der Waals surface area contributed by atoms with E-state index in [1.54, 1.807) is 12.4 Å². The van der Waals surface area contributed by atoms with Crippen molar-refractivity contribution in [3.8, 4) is 34.6 Å². The number of benzene rings is 1. The lowest BCUT2D eigenvalue weighted by atomic mass is 10.1. The maximum atomic E-state index is 9.66. The largest absolute Gasteiger partial charge is 0.392 e. The second kappa shape index (κ2) is 13.1. The van der Waals surface area contributed by atoms with Gasteiger partial charge in [-0.1, -0.05) is 43.9 Å². The molecule has 4 rings (SSSR count). The number of pyridine rings is 3. The normalized spacial score (nSPS) is 10.2. The quantitative estimate of drug-likeness (QED) is 0.351. The summed E-state index contributed by atoms with van der Waals surface area (Å²) in [5.41, 5.74) is 6.43. The van der Waals surface area contributed by atoms with Crippen molar-refractivity contribution < 1.29 is 9.84 Å². The molecule has 0 fully saturated rings. The average molecular weight is 466 g/mol. The van der Waals surface area contributed by atoms with Crippen LogP contribution in [-0.2, 0) is 18.0 Å². The Kier molecular flexibility index (Phi) is 9.68. The number of nitrogens with zero attached hydrogens (tertiary/aromatic N) is 3. The molecule has 0 unspecified atom stereocenters. The van der Waals surface area contributed by atoms with Crippen LogP contribution in [0.15, 0.2) is 79.1 Å². The molecular formula is C30H31N3O2. The first-order valence-corrected chi connectivity index (χ1v) is 11.8. The summed E-state index contributed by atoms with van der Waals surface area (Å²) in [5.74, 6) is 6.49. The third kappa shape index (κ3) is 7.58. The molecule has 3 heterocycles. The van der Waals surface area contributed by atoms with Crippen LogP contribution >= 0.6 is 0 Å². The van der Waals surface area contributed by atoms with Crippen LogP contribution in [0, 0.1) is 11.8 Å². The van der Waals surface area contributed by atoms with Gasteiger partial charge in [0.05, 0.1) is 42.1 Å². The van der Waals surface area contributed by atoms with Crippen LogP contribution in [0.3, 0.4) is 0 Å². The minimum atomic E-state index is -0.0485. The van der Waals surface area contributed by atoms with E-state index in [2.05, 4.69) is 21.8 Å². The lowest BCUT2D eigenvalue weighted by Gasteiger charge is -2.09. The number of aromatic nitrogens is 3. The summed E-state index contributed by atoms with van der Waals surface area (Å²) < 4.78 is 5.72. The Bertz CT molecular complexity index is 1220. The summed E-state index contributed by atoms with van der Waals surface area (Å²) in [6.45, 7) is 8.42. The van der Waals surface area contributed by atoms with E-state index in [0.29, 0.717) is 6.61 Å². The third-order valence-corrected chi connectivity index (χ3v) is 4.85. The molecular weight excluding hydrogens is 434 g/mol. The van der Waals surface area contributed by atoms with Gasteiger partial charge in [0, 0.05) is 23.5 Å². The van der Waals surface area contributed by atoms with Gasteiger partial charge in [-0.3, -0.25) is 9.97 Å². The van der Waals surface area contributed by atoms with E-state index in [4.69, 9.17) is 9.72 Å². The Morgan fingerprint density at radius 2 is 1.29 bits per heavy atom. The smallest absolute Gasteiger partial charge is 0.0906 e. The number of aliphatic hydroxyl groups is 1. The minimum Gasteiger partial charge on any atom is -0.392 e. The van der Waals surface area contributed by atoms with Gasteiger partial charge in [0.1, 0.15) is 0 Å². The first kappa shape index (κ1) is 25.8. The first-order chi connectivity index (χ1) is 17.1. The van der Waals surface area contributed by atoms with Gasteiger partial charge < -0.3 is 9.84 Å². The second-order valence-corrected chi connectivity index (χ2v) is 7.86. The lowest BCUT2D eigenvalue weighted by molar-refractivity contribution is 0.0656. The molecule has 0 radical (unpaired) electrons. The van der Waals surface area contributed by atoms with Gasteiger partial charge in [-0.25, -0.2) is 4.98 Å². The molecule has 0 aliphatic heterocycles. The molecule has 0 atom stereocenters. The summed E-state index contributed by atoms with van der Waals surface area (Å²) in [6.07, 6.45) is 3.62. The van der Waals surface area contributed by atoms with Crippen LogP contribution in [0.5, 0.6) is 0 Å². The van der Waals surface area contributed by atoms with E-state index in [1.165, 1.54) is 0 Å². The Morgan fingerprint density at radius 3 is 1.77 bits per heavy atom. The molecule has 0 aliphatic rings. The highest BCUT2D eigenvalue weighted by Crippen LogP contribution is 2.22. The van der Waals surface area contributed by atoms with Crippen molar-refractivity contribution in [3.63, 3.8) is 0 Å². The van der Waals surface area contributed by atoms with Crippen molar-refractivity contribution in [1.29, 1.82) is 0 Å². The van der Waals surface area contributed by atoms with Gasteiger partial charge >= 0.3 is 0 Å². The number of hydrogen-bond acceptors (Lipinski definition) is 5. The first-order valence-electron chi connectivity index (χ1n) is 11.8. The summed E-state index contributed by atoms with van der Waals surface area (Å²) in [5, 5.41) is 9.66. The highest BCUT2D eigenvalue weighted by atomic mass is 16.5. The third-order valence-electron chi connectivity index (χ3n) is 4.85. The number of ether oxygens (including phenoxy) is 1. The molecule has 0 bridgehead atoms. The van der Waals surface area contributed by atoms with E-state index in [9.17, 15) is 5.11 Å². The SMILES string of the molecule is CC.CC(C)OCc1cc(C#Cc2cc(-c3ccccn3)nc(-c3ccccn3)c2)cc(CO)c1. The maximum Gasteiger partial charge on any atom is 0.0906 e. The summed E-state index contributed by atoms with van der Waals surface area (Å²) in [7, 11) is 0. The summed E-state index contributed by atoms with van der Waals surface area (Å²) in [6, 6.07) is 21.2. The molecule has 3 aromatic heterocycles. The standard InChI is InChI=1S/C28H25N3O2.C2H6/c1-20(2)33-19-24-14-21(13-23(15-24)18-32)9-10-22-16-27(25-7-3-5-11-29-25)31-28(17-22)26-8-4-6-12-30-26;1-2/h3-8,11-17,20,32H,18-19H2,1-2H3;1-2H3. The van der Waals surface area contributed by atoms with Gasteiger partial charge in [-0.15, -0.1) is 0 Å². The molecule has 178 valence electrons. The fourth-order valence-corrected chi connectivity index (χ4v) is 3.31. The highest BCUT2D eigenvalue weighted by molar-refractivity contribution is 5.65. The number of rotatable bonds is 6. The average Bonchev–Trinajstić information content (AvgIpc) is 2.92. The summed E-state index contributed by atoms with van der Waals surface area (Å²) >= 11 is 0. The zero-order valence-corrected chi connectivity index (χ0v) is 20.7. The molecule has 4 aromatic rings. The lowest BCUT2D eigenvalue weighted by Crippen LogP contribution is -2.03. The zero-order chi connectivity index (χ0) is 25.0.